The van der Waals surface area contributed by atoms with Gasteiger partial charge in [-0.1, -0.05) is 45.7 Å². The molecule has 1 aromatic rings. The van der Waals surface area contributed by atoms with Gasteiger partial charge in [0, 0.05) is 32.1 Å². The van der Waals surface area contributed by atoms with Gasteiger partial charge in [-0.25, -0.2) is 0 Å². The van der Waals surface area contributed by atoms with Crippen molar-refractivity contribution in [2.45, 2.75) is 77.7 Å². The Labute approximate surface area is 181 Å². The van der Waals surface area contributed by atoms with Crippen LogP contribution in [0.5, 0.6) is 5.75 Å². The van der Waals surface area contributed by atoms with E-state index in [-0.39, 0.29) is 17.2 Å². The van der Waals surface area contributed by atoms with Gasteiger partial charge in [0.25, 0.3) is 5.91 Å². The number of benzene rings is 1. The fraction of sp³-hybridized carbons (Fsp3) is 0.680. The number of rotatable bonds is 4. The number of carbonyl (C=O) groups excluding carboxylic acids is 2. The number of hydrogen-bond donors (Lipinski definition) is 0. The lowest BCUT2D eigenvalue weighted by molar-refractivity contribution is -0.143. The van der Waals surface area contributed by atoms with Gasteiger partial charge in [-0.3, -0.25) is 9.59 Å². The molecule has 1 unspecified atom stereocenters. The minimum absolute atomic E-state index is 0.00979. The van der Waals surface area contributed by atoms with Crippen molar-refractivity contribution in [2.75, 3.05) is 26.2 Å². The van der Waals surface area contributed by atoms with Crippen molar-refractivity contribution in [3.05, 3.63) is 29.8 Å². The molecule has 0 spiro atoms. The Morgan fingerprint density at radius 1 is 0.900 bits per heavy atom. The second-order valence-corrected chi connectivity index (χ2v) is 9.87. The first-order valence-corrected chi connectivity index (χ1v) is 11.6. The van der Waals surface area contributed by atoms with Crippen LogP contribution in [0.2, 0.25) is 0 Å². The average Bonchev–Trinajstić information content (AvgIpc) is 3.02. The molecular weight excluding hydrogens is 376 g/mol. The van der Waals surface area contributed by atoms with E-state index in [9.17, 15) is 9.59 Å². The van der Waals surface area contributed by atoms with E-state index >= 15 is 0 Å². The molecule has 2 aliphatic rings. The third-order valence-electron chi connectivity index (χ3n) is 6.45. The molecule has 0 radical (unpaired) electrons. The quantitative estimate of drug-likeness (QED) is 0.734. The number of carbonyl (C=O) groups is 2. The normalized spacial score (nSPS) is 19.9. The third-order valence-corrected chi connectivity index (χ3v) is 6.45. The Morgan fingerprint density at radius 3 is 2.00 bits per heavy atom. The Bertz CT molecular complexity index is 707. The summed E-state index contributed by atoms with van der Waals surface area (Å²) in [4.78, 5) is 29.6. The summed E-state index contributed by atoms with van der Waals surface area (Å²) >= 11 is 0. The van der Waals surface area contributed by atoms with Gasteiger partial charge in [-0.2, -0.15) is 0 Å². The van der Waals surface area contributed by atoms with Gasteiger partial charge in [-0.05, 0) is 55.7 Å². The zero-order valence-electron chi connectivity index (χ0n) is 19.2. The maximum absolute atomic E-state index is 12.9. The van der Waals surface area contributed by atoms with E-state index in [1.807, 2.05) is 24.0 Å². The first-order chi connectivity index (χ1) is 14.3. The van der Waals surface area contributed by atoms with Gasteiger partial charge in [0.05, 0.1) is 0 Å². The minimum atomic E-state index is -0.525. The highest BCUT2D eigenvalue weighted by Gasteiger charge is 2.32. The van der Waals surface area contributed by atoms with Crippen molar-refractivity contribution >= 4 is 11.8 Å². The number of piperidine rings is 1. The fourth-order valence-corrected chi connectivity index (χ4v) is 4.44. The zero-order chi connectivity index (χ0) is 21.7. The molecule has 5 nitrogen and oxygen atoms in total. The minimum Gasteiger partial charge on any atom is -0.481 e. The summed E-state index contributed by atoms with van der Waals surface area (Å²) < 4.78 is 5.91. The molecule has 166 valence electrons. The van der Waals surface area contributed by atoms with E-state index in [1.165, 1.54) is 18.4 Å². The Morgan fingerprint density at radius 2 is 1.47 bits per heavy atom. The molecule has 0 N–H and O–H groups in total. The topological polar surface area (TPSA) is 49.9 Å². The second kappa shape index (κ2) is 9.84. The van der Waals surface area contributed by atoms with Crippen LogP contribution >= 0.6 is 0 Å². The largest absolute Gasteiger partial charge is 0.481 e. The molecule has 2 saturated heterocycles. The molecule has 0 saturated carbocycles. The van der Waals surface area contributed by atoms with Gasteiger partial charge < -0.3 is 14.5 Å². The lowest BCUT2D eigenvalue weighted by atomic mass is 9.87. The van der Waals surface area contributed by atoms with Crippen LogP contribution in [0.3, 0.4) is 0 Å². The summed E-state index contributed by atoms with van der Waals surface area (Å²) in [6.45, 7) is 11.4. The van der Waals surface area contributed by atoms with Crippen LogP contribution in [-0.2, 0) is 15.0 Å². The molecule has 2 amide bonds. The maximum atomic E-state index is 12.9. The van der Waals surface area contributed by atoms with Crippen LogP contribution in [-0.4, -0.2) is 53.9 Å². The molecular formula is C25H38N2O3. The first kappa shape index (κ1) is 22.6. The summed E-state index contributed by atoms with van der Waals surface area (Å²) in [5, 5.41) is 0. The molecule has 0 aromatic heterocycles. The second-order valence-electron chi connectivity index (χ2n) is 9.87. The maximum Gasteiger partial charge on any atom is 0.263 e. The molecule has 2 aliphatic heterocycles. The molecule has 3 rings (SSSR count). The number of hydrogen-bond acceptors (Lipinski definition) is 3. The Hall–Kier alpha value is -2.04. The van der Waals surface area contributed by atoms with Crippen LogP contribution in [0.1, 0.15) is 71.8 Å². The van der Waals surface area contributed by atoms with Gasteiger partial charge >= 0.3 is 0 Å². The lowest BCUT2D eigenvalue weighted by Gasteiger charge is -2.35. The van der Waals surface area contributed by atoms with Crippen molar-refractivity contribution in [1.82, 2.24) is 9.80 Å². The van der Waals surface area contributed by atoms with Crippen LogP contribution in [0.25, 0.3) is 0 Å². The number of amides is 2. The van der Waals surface area contributed by atoms with E-state index in [4.69, 9.17) is 4.74 Å². The summed E-state index contributed by atoms with van der Waals surface area (Å²) in [6.07, 6.45) is 5.69. The predicted molar refractivity (Wildman–Crippen MR) is 120 cm³/mol. The smallest absolute Gasteiger partial charge is 0.263 e. The SMILES string of the molecule is CC(Oc1ccc(C(C)(C)C)cc1)C(=O)N1CCC(C(=O)N2CCCCCC2)CC1. The molecule has 1 aromatic carbocycles. The summed E-state index contributed by atoms with van der Waals surface area (Å²) in [5.74, 6) is 1.09. The van der Waals surface area contributed by atoms with Crippen LogP contribution < -0.4 is 4.74 Å². The Balaban J connectivity index is 1.49. The van der Waals surface area contributed by atoms with Crippen LogP contribution in [0.4, 0.5) is 0 Å². The van der Waals surface area contributed by atoms with Crippen molar-refractivity contribution in [3.8, 4) is 5.75 Å². The zero-order valence-corrected chi connectivity index (χ0v) is 19.2. The number of nitrogens with zero attached hydrogens (tertiary/aromatic N) is 2. The van der Waals surface area contributed by atoms with E-state index in [0.29, 0.717) is 19.0 Å². The van der Waals surface area contributed by atoms with E-state index in [1.54, 1.807) is 0 Å². The van der Waals surface area contributed by atoms with Gasteiger partial charge in [-0.15, -0.1) is 0 Å². The van der Waals surface area contributed by atoms with Crippen LogP contribution in [0.15, 0.2) is 24.3 Å². The standard InChI is InChI=1S/C25H38N2O3/c1-19(30-22-11-9-21(10-12-22)25(2,3)4)23(28)27-17-13-20(14-18-27)24(29)26-15-7-5-6-8-16-26/h9-12,19-20H,5-8,13-18H2,1-4H3. The fourth-order valence-electron chi connectivity index (χ4n) is 4.44. The van der Waals surface area contributed by atoms with Gasteiger partial charge in [0.1, 0.15) is 5.75 Å². The van der Waals surface area contributed by atoms with Crippen molar-refractivity contribution in [1.29, 1.82) is 0 Å². The molecule has 0 bridgehead atoms. The van der Waals surface area contributed by atoms with E-state index in [0.717, 1.165) is 44.5 Å². The monoisotopic (exact) mass is 414 g/mol. The molecule has 2 heterocycles. The highest BCUT2D eigenvalue weighted by molar-refractivity contribution is 5.82. The highest BCUT2D eigenvalue weighted by atomic mass is 16.5. The lowest BCUT2D eigenvalue weighted by Crippen LogP contribution is -2.47. The van der Waals surface area contributed by atoms with Crippen molar-refractivity contribution in [3.63, 3.8) is 0 Å². The predicted octanol–water partition coefficient (Wildman–Crippen LogP) is 4.39. The van der Waals surface area contributed by atoms with Crippen molar-refractivity contribution < 1.29 is 14.3 Å². The first-order valence-electron chi connectivity index (χ1n) is 11.6. The van der Waals surface area contributed by atoms with Gasteiger partial charge in [0.15, 0.2) is 6.10 Å². The number of likely N-dealkylation sites (tertiary alicyclic amines) is 2. The Kier molecular flexibility index (Phi) is 7.43. The molecule has 5 heteroatoms. The average molecular weight is 415 g/mol. The molecule has 0 aliphatic carbocycles. The molecule has 30 heavy (non-hydrogen) atoms. The highest BCUT2D eigenvalue weighted by Crippen LogP contribution is 2.26. The summed E-state index contributed by atoms with van der Waals surface area (Å²) in [7, 11) is 0. The number of ether oxygens (including phenoxy) is 1. The van der Waals surface area contributed by atoms with Crippen LogP contribution in [0, 0.1) is 5.92 Å². The molecule has 1 atom stereocenters. The van der Waals surface area contributed by atoms with Gasteiger partial charge in [0.2, 0.25) is 5.91 Å². The third kappa shape index (κ3) is 5.77. The van der Waals surface area contributed by atoms with Crippen molar-refractivity contribution in [2.24, 2.45) is 5.92 Å². The summed E-state index contributed by atoms with van der Waals surface area (Å²) in [6, 6.07) is 8.01. The summed E-state index contributed by atoms with van der Waals surface area (Å²) in [5.41, 5.74) is 1.33. The molecule has 2 fully saturated rings. The van der Waals surface area contributed by atoms with E-state index in [2.05, 4.69) is 37.8 Å². The van der Waals surface area contributed by atoms with E-state index < -0.39 is 6.10 Å².